The summed E-state index contributed by atoms with van der Waals surface area (Å²) in [5, 5.41) is 18.3. The van der Waals surface area contributed by atoms with Crippen molar-refractivity contribution in [3.8, 4) is 5.75 Å². The molecule has 1 saturated heterocycles. The molecule has 6 heteroatoms. The molecule has 124 valence electrons. The topological polar surface area (TPSA) is 64.9 Å². The van der Waals surface area contributed by atoms with Crippen LogP contribution in [0.15, 0.2) is 42.7 Å². The highest BCUT2D eigenvalue weighted by molar-refractivity contribution is 5.84. The van der Waals surface area contributed by atoms with Crippen molar-refractivity contribution in [2.45, 2.75) is 18.9 Å². The lowest BCUT2D eigenvalue weighted by Gasteiger charge is -2.30. The predicted molar refractivity (Wildman–Crippen MR) is 92.0 cm³/mol. The van der Waals surface area contributed by atoms with Crippen LogP contribution in [0.4, 0.5) is 0 Å². The fourth-order valence-corrected chi connectivity index (χ4v) is 3.60. The van der Waals surface area contributed by atoms with Crippen molar-refractivity contribution in [2.24, 2.45) is 5.92 Å². The Balaban J connectivity index is 1.75. The molecular weight excluding hydrogens is 302 g/mol. The quantitative estimate of drug-likeness (QED) is 0.799. The number of aromatic nitrogens is 4. The fourth-order valence-electron chi connectivity index (χ4n) is 3.60. The molecule has 0 unspecified atom stereocenters. The van der Waals surface area contributed by atoms with Crippen molar-refractivity contribution in [3.63, 3.8) is 0 Å². The van der Waals surface area contributed by atoms with Crippen LogP contribution in [-0.4, -0.2) is 40.4 Å². The van der Waals surface area contributed by atoms with Gasteiger partial charge in [0, 0.05) is 6.54 Å². The highest BCUT2D eigenvalue weighted by atomic mass is 16.5. The third kappa shape index (κ3) is 2.85. The first-order chi connectivity index (χ1) is 11.8. The number of piperidine rings is 1. The summed E-state index contributed by atoms with van der Waals surface area (Å²) in [6, 6.07) is 12.8. The van der Waals surface area contributed by atoms with Gasteiger partial charge in [-0.15, -0.1) is 10.2 Å². The summed E-state index contributed by atoms with van der Waals surface area (Å²) in [5.41, 5.74) is 1.22. The minimum Gasteiger partial charge on any atom is -0.497 e. The Morgan fingerprint density at radius 3 is 2.83 bits per heavy atom. The van der Waals surface area contributed by atoms with E-state index < -0.39 is 0 Å². The van der Waals surface area contributed by atoms with Crippen molar-refractivity contribution >= 4 is 10.8 Å². The highest BCUT2D eigenvalue weighted by Crippen LogP contribution is 2.32. The largest absolute Gasteiger partial charge is 0.497 e. The average Bonchev–Trinajstić information content (AvgIpc) is 3.16. The van der Waals surface area contributed by atoms with Crippen molar-refractivity contribution < 1.29 is 4.74 Å². The number of ether oxygens (including phenoxy) is 1. The first-order valence-electron chi connectivity index (χ1n) is 8.36. The van der Waals surface area contributed by atoms with E-state index in [9.17, 15) is 0 Å². The van der Waals surface area contributed by atoms with Crippen LogP contribution in [0.2, 0.25) is 0 Å². The van der Waals surface area contributed by atoms with Gasteiger partial charge >= 0.3 is 0 Å². The van der Waals surface area contributed by atoms with Crippen LogP contribution in [0.5, 0.6) is 5.75 Å². The maximum absolute atomic E-state index is 5.31. The Bertz CT molecular complexity index is 811. The van der Waals surface area contributed by atoms with Crippen LogP contribution in [0.25, 0.3) is 10.8 Å². The molecule has 0 amide bonds. The molecule has 0 saturated carbocycles. The summed E-state index contributed by atoms with van der Waals surface area (Å²) >= 11 is 0. The van der Waals surface area contributed by atoms with E-state index >= 15 is 0 Å². The van der Waals surface area contributed by atoms with Crippen molar-refractivity contribution in [2.75, 3.05) is 20.2 Å². The number of hydrogen-bond acceptors (Lipinski definition) is 5. The van der Waals surface area contributed by atoms with Gasteiger partial charge in [0.25, 0.3) is 0 Å². The van der Waals surface area contributed by atoms with Gasteiger partial charge in [-0.3, -0.25) is 0 Å². The monoisotopic (exact) mass is 323 g/mol. The molecule has 1 aromatic heterocycles. The predicted octanol–water partition coefficient (Wildman–Crippen LogP) is 2.42. The minimum atomic E-state index is 0.104. The second-order valence-electron chi connectivity index (χ2n) is 6.28. The van der Waals surface area contributed by atoms with Crippen molar-refractivity contribution in [1.29, 1.82) is 0 Å². The molecular formula is C18H21N5O. The molecule has 0 aliphatic carbocycles. The van der Waals surface area contributed by atoms with Crippen LogP contribution in [0.1, 0.15) is 24.4 Å². The molecule has 0 bridgehead atoms. The van der Waals surface area contributed by atoms with Crippen LogP contribution < -0.4 is 10.1 Å². The molecule has 2 atom stereocenters. The summed E-state index contributed by atoms with van der Waals surface area (Å²) in [6.07, 6.45) is 3.86. The molecule has 4 rings (SSSR count). The minimum absolute atomic E-state index is 0.104. The average molecular weight is 323 g/mol. The molecule has 0 radical (unpaired) electrons. The van der Waals surface area contributed by atoms with Crippen LogP contribution in [0.3, 0.4) is 0 Å². The van der Waals surface area contributed by atoms with Crippen molar-refractivity contribution in [3.05, 3.63) is 48.3 Å². The number of tetrazole rings is 1. The van der Waals surface area contributed by atoms with Crippen LogP contribution in [0, 0.1) is 5.92 Å². The molecule has 3 aromatic rings. The third-order valence-electron chi connectivity index (χ3n) is 4.81. The summed E-state index contributed by atoms with van der Waals surface area (Å²) < 4.78 is 5.31. The Labute approximate surface area is 140 Å². The first kappa shape index (κ1) is 15.1. The summed E-state index contributed by atoms with van der Waals surface area (Å²) in [5.74, 6) is 1.34. The van der Waals surface area contributed by atoms with Gasteiger partial charge < -0.3 is 10.1 Å². The molecule has 0 spiro atoms. The Morgan fingerprint density at radius 2 is 2.08 bits per heavy atom. The molecule has 2 aromatic carbocycles. The number of methoxy groups -OCH3 is 1. The van der Waals surface area contributed by atoms with Gasteiger partial charge in [-0.25, -0.2) is 0 Å². The smallest absolute Gasteiger partial charge is 0.162 e. The third-order valence-corrected chi connectivity index (χ3v) is 4.81. The van der Waals surface area contributed by atoms with Gasteiger partial charge in [0.15, 0.2) is 6.33 Å². The normalized spacial score (nSPS) is 19.3. The molecule has 2 heterocycles. The van der Waals surface area contributed by atoms with E-state index in [0.29, 0.717) is 5.92 Å². The molecule has 6 nitrogen and oxygen atoms in total. The maximum Gasteiger partial charge on any atom is 0.162 e. The van der Waals surface area contributed by atoms with Gasteiger partial charge in [-0.2, -0.15) is 4.80 Å². The molecule has 24 heavy (non-hydrogen) atoms. The van der Waals surface area contributed by atoms with Crippen LogP contribution >= 0.6 is 0 Å². The van der Waals surface area contributed by atoms with E-state index in [2.05, 4.69) is 51.1 Å². The lowest BCUT2D eigenvalue weighted by molar-refractivity contribution is 0.261. The highest BCUT2D eigenvalue weighted by Gasteiger charge is 2.28. The summed E-state index contributed by atoms with van der Waals surface area (Å²) in [7, 11) is 1.69. The van der Waals surface area contributed by atoms with Gasteiger partial charge in [0.05, 0.1) is 7.11 Å². The van der Waals surface area contributed by atoms with Crippen LogP contribution in [-0.2, 0) is 0 Å². The Morgan fingerprint density at radius 1 is 1.21 bits per heavy atom. The lowest BCUT2D eigenvalue weighted by atomic mass is 9.87. The fraction of sp³-hybridized carbons (Fsp3) is 0.389. The van der Waals surface area contributed by atoms with E-state index in [0.717, 1.165) is 18.8 Å². The van der Waals surface area contributed by atoms with E-state index in [1.165, 1.54) is 35.5 Å². The van der Waals surface area contributed by atoms with Gasteiger partial charge in [-0.1, -0.05) is 18.2 Å². The number of benzene rings is 2. The molecule has 1 aliphatic rings. The zero-order chi connectivity index (χ0) is 16.4. The second kappa shape index (κ2) is 6.57. The molecule has 1 N–H and O–H groups in total. The number of rotatable bonds is 4. The number of nitrogens with zero attached hydrogens (tertiary/aromatic N) is 4. The first-order valence-corrected chi connectivity index (χ1v) is 8.36. The van der Waals surface area contributed by atoms with E-state index in [1.807, 2.05) is 6.07 Å². The second-order valence-corrected chi connectivity index (χ2v) is 6.28. The van der Waals surface area contributed by atoms with Gasteiger partial charge in [0.2, 0.25) is 0 Å². The van der Waals surface area contributed by atoms with Gasteiger partial charge in [-0.05, 0) is 65.1 Å². The Hall–Kier alpha value is -2.47. The number of hydrogen-bond donors (Lipinski definition) is 1. The summed E-state index contributed by atoms with van der Waals surface area (Å²) in [4.78, 5) is 1.75. The zero-order valence-corrected chi connectivity index (χ0v) is 13.7. The van der Waals surface area contributed by atoms with E-state index in [-0.39, 0.29) is 6.04 Å². The number of fused-ring (bicyclic) bond motifs is 1. The van der Waals surface area contributed by atoms with Crippen molar-refractivity contribution in [1.82, 2.24) is 25.5 Å². The Kier molecular flexibility index (Phi) is 4.13. The SMILES string of the molecule is COc1ccc2cc([C@@H]([C@H]3CCCNC3)n3ncnn3)ccc2c1. The maximum atomic E-state index is 5.31. The number of nitrogens with one attached hydrogen (secondary N) is 1. The zero-order valence-electron chi connectivity index (χ0n) is 13.7. The lowest BCUT2D eigenvalue weighted by Crippen LogP contribution is -2.36. The standard InChI is InChI=1S/C18H21N5O/c1-24-17-7-6-13-9-15(5-4-14(13)10-17)18(23-21-12-20-22-23)16-3-2-8-19-11-16/h4-7,9-10,12,16,18-19H,2-3,8,11H2,1H3/t16-,18-/m0/s1. The summed E-state index contributed by atoms with van der Waals surface area (Å²) in [6.45, 7) is 2.07. The molecule has 1 fully saturated rings. The van der Waals surface area contributed by atoms with Gasteiger partial charge in [0.1, 0.15) is 11.8 Å². The molecule has 1 aliphatic heterocycles. The van der Waals surface area contributed by atoms with E-state index in [1.54, 1.807) is 11.9 Å². The van der Waals surface area contributed by atoms with E-state index in [4.69, 9.17) is 4.74 Å².